The lowest BCUT2D eigenvalue weighted by molar-refractivity contribution is 0.301. The second-order valence-electron chi connectivity index (χ2n) is 4.39. The molecule has 1 fully saturated rings. The first-order valence-electron chi connectivity index (χ1n) is 6.10. The zero-order valence-corrected chi connectivity index (χ0v) is 10.3. The number of hydrogen-bond donors (Lipinski definition) is 3. The minimum atomic E-state index is -0.497. The van der Waals surface area contributed by atoms with Crippen molar-refractivity contribution < 1.29 is 5.11 Å². The molecule has 1 aromatic heterocycles. The van der Waals surface area contributed by atoms with Gasteiger partial charge in [-0.25, -0.2) is 4.79 Å². The fourth-order valence-electron chi connectivity index (χ4n) is 2.14. The van der Waals surface area contributed by atoms with Gasteiger partial charge in [0.15, 0.2) is 0 Å². The second-order valence-corrected chi connectivity index (χ2v) is 4.39. The number of nitrogens with zero attached hydrogens (tertiary/aromatic N) is 2. The molecule has 4 N–H and O–H groups in total. The van der Waals surface area contributed by atoms with Crippen molar-refractivity contribution >= 4 is 11.5 Å². The molecule has 1 aliphatic carbocycles. The first-order chi connectivity index (χ1) is 8.60. The summed E-state index contributed by atoms with van der Waals surface area (Å²) in [6.07, 6.45) is 1.95. The smallest absolute Gasteiger partial charge is 0.330 e. The summed E-state index contributed by atoms with van der Waals surface area (Å²) < 4.78 is 1.32. The molecule has 1 aromatic rings. The number of aliphatic hydroxyl groups excluding tert-OH is 1. The highest BCUT2D eigenvalue weighted by Gasteiger charge is 2.32. The second kappa shape index (κ2) is 4.85. The molecule has 7 heteroatoms. The van der Waals surface area contributed by atoms with Gasteiger partial charge < -0.3 is 15.7 Å². The monoisotopic (exact) mass is 254 g/mol. The highest BCUT2D eigenvalue weighted by molar-refractivity contribution is 5.63. The number of aromatic nitrogens is 2. The molecule has 1 saturated carbocycles. The van der Waals surface area contributed by atoms with Crippen molar-refractivity contribution in [3.05, 3.63) is 20.8 Å². The van der Waals surface area contributed by atoms with Crippen molar-refractivity contribution in [2.45, 2.75) is 32.4 Å². The summed E-state index contributed by atoms with van der Waals surface area (Å²) in [4.78, 5) is 27.5. The average Bonchev–Trinajstić information content (AvgIpc) is 3.11. The Balaban J connectivity index is 2.54. The summed E-state index contributed by atoms with van der Waals surface area (Å²) in [7, 11) is 0. The highest BCUT2D eigenvalue weighted by Crippen LogP contribution is 2.31. The van der Waals surface area contributed by atoms with Crippen LogP contribution in [0.3, 0.4) is 0 Å². The Hall–Kier alpha value is -1.76. The molecule has 1 aliphatic rings. The Morgan fingerprint density at radius 2 is 2.17 bits per heavy atom. The highest BCUT2D eigenvalue weighted by atomic mass is 16.3. The summed E-state index contributed by atoms with van der Waals surface area (Å²) in [5.74, 6) is 0.173. The third-order valence-corrected chi connectivity index (χ3v) is 3.15. The van der Waals surface area contributed by atoms with Crippen LogP contribution in [0.15, 0.2) is 9.59 Å². The molecule has 0 amide bonds. The number of nitrogens with one attached hydrogen (secondary N) is 1. The van der Waals surface area contributed by atoms with Gasteiger partial charge in [-0.1, -0.05) is 0 Å². The molecule has 0 unspecified atom stereocenters. The van der Waals surface area contributed by atoms with Crippen LogP contribution in [0.5, 0.6) is 0 Å². The van der Waals surface area contributed by atoms with Gasteiger partial charge in [0.05, 0.1) is 6.61 Å². The molecule has 0 bridgehead atoms. The van der Waals surface area contributed by atoms with Gasteiger partial charge in [-0.15, -0.1) is 0 Å². The maximum absolute atomic E-state index is 11.9. The number of rotatable bonds is 5. The third-order valence-electron chi connectivity index (χ3n) is 3.15. The van der Waals surface area contributed by atoms with E-state index in [0.29, 0.717) is 18.8 Å². The zero-order chi connectivity index (χ0) is 13.3. The Morgan fingerprint density at radius 3 is 2.67 bits per heavy atom. The van der Waals surface area contributed by atoms with E-state index in [2.05, 4.69) is 4.98 Å². The summed E-state index contributed by atoms with van der Waals surface area (Å²) >= 11 is 0. The van der Waals surface area contributed by atoms with Gasteiger partial charge >= 0.3 is 5.69 Å². The van der Waals surface area contributed by atoms with Crippen LogP contribution in [0, 0.1) is 0 Å². The summed E-state index contributed by atoms with van der Waals surface area (Å²) in [6, 6.07) is 0.239. The molecule has 18 heavy (non-hydrogen) atoms. The van der Waals surface area contributed by atoms with Gasteiger partial charge in [0, 0.05) is 19.1 Å². The average molecular weight is 254 g/mol. The minimum absolute atomic E-state index is 0.0549. The lowest BCUT2D eigenvalue weighted by Crippen LogP contribution is -2.40. The lowest BCUT2D eigenvalue weighted by atomic mass is 10.3. The van der Waals surface area contributed by atoms with Gasteiger partial charge in [0.25, 0.3) is 5.56 Å². The van der Waals surface area contributed by atoms with Crippen molar-refractivity contribution in [3.63, 3.8) is 0 Å². The first kappa shape index (κ1) is 12.7. The summed E-state index contributed by atoms with van der Waals surface area (Å²) in [6.45, 7) is 2.47. The maximum atomic E-state index is 11.9. The number of nitrogen functional groups attached to an aromatic ring is 1. The van der Waals surface area contributed by atoms with Crippen molar-refractivity contribution in [3.8, 4) is 0 Å². The largest absolute Gasteiger partial charge is 0.395 e. The van der Waals surface area contributed by atoms with E-state index in [9.17, 15) is 9.59 Å². The van der Waals surface area contributed by atoms with E-state index in [0.717, 1.165) is 12.8 Å². The van der Waals surface area contributed by atoms with Gasteiger partial charge in [-0.05, 0) is 19.8 Å². The molecular formula is C11H18N4O3. The van der Waals surface area contributed by atoms with Crippen LogP contribution >= 0.6 is 0 Å². The topological polar surface area (TPSA) is 104 Å². The number of hydrogen-bond acceptors (Lipinski definition) is 5. The van der Waals surface area contributed by atoms with E-state index >= 15 is 0 Å². The van der Waals surface area contributed by atoms with Crippen LogP contribution in [0.25, 0.3) is 0 Å². The number of aliphatic hydroxyl groups is 1. The molecule has 0 saturated heterocycles. The number of nitrogens with two attached hydrogens (primary N) is 1. The molecule has 0 aromatic carbocycles. The minimum Gasteiger partial charge on any atom is -0.395 e. The van der Waals surface area contributed by atoms with Crippen molar-refractivity contribution in [1.29, 1.82) is 0 Å². The lowest BCUT2D eigenvalue weighted by Gasteiger charge is -2.24. The number of H-pyrrole nitrogens is 1. The number of aromatic amines is 1. The van der Waals surface area contributed by atoms with E-state index < -0.39 is 11.2 Å². The molecule has 1 heterocycles. The Morgan fingerprint density at radius 1 is 1.50 bits per heavy atom. The normalized spacial score (nSPS) is 14.8. The van der Waals surface area contributed by atoms with E-state index in [-0.39, 0.29) is 18.5 Å². The van der Waals surface area contributed by atoms with Crippen LogP contribution in [0.1, 0.15) is 19.8 Å². The van der Waals surface area contributed by atoms with E-state index in [1.807, 2.05) is 0 Å². The van der Waals surface area contributed by atoms with E-state index in [1.165, 1.54) is 4.57 Å². The molecule has 0 atom stereocenters. The molecular weight excluding hydrogens is 236 g/mol. The van der Waals surface area contributed by atoms with Crippen LogP contribution in [0.2, 0.25) is 0 Å². The molecule has 0 aliphatic heterocycles. The Kier molecular flexibility index (Phi) is 3.42. The molecule has 2 rings (SSSR count). The summed E-state index contributed by atoms with van der Waals surface area (Å²) in [5, 5.41) is 9.07. The fraction of sp³-hybridized carbons (Fsp3) is 0.636. The van der Waals surface area contributed by atoms with Gasteiger partial charge in [0.2, 0.25) is 0 Å². The Bertz CT molecular complexity index is 544. The number of anilines is 2. The maximum Gasteiger partial charge on any atom is 0.330 e. The molecule has 100 valence electrons. The van der Waals surface area contributed by atoms with Gasteiger partial charge in [-0.3, -0.25) is 14.3 Å². The zero-order valence-electron chi connectivity index (χ0n) is 10.3. The molecule has 0 radical (unpaired) electrons. The van der Waals surface area contributed by atoms with Gasteiger partial charge in [-0.2, -0.15) is 0 Å². The standard InChI is InChI=1S/C11H18N4O3/c1-2-14-9(12)8(10(17)13-11(14)18)15(5-6-16)7-3-4-7/h7,16H,2-6,12H2,1H3,(H,13,17,18). The predicted octanol–water partition coefficient (Wildman–Crippen LogP) is -0.900. The fourth-order valence-corrected chi connectivity index (χ4v) is 2.14. The van der Waals surface area contributed by atoms with Crippen LogP contribution in [-0.4, -0.2) is 33.9 Å². The predicted molar refractivity (Wildman–Crippen MR) is 68.9 cm³/mol. The summed E-state index contributed by atoms with van der Waals surface area (Å²) in [5.41, 5.74) is 5.23. The molecule has 7 nitrogen and oxygen atoms in total. The third kappa shape index (κ3) is 2.13. The molecule has 0 spiro atoms. The van der Waals surface area contributed by atoms with E-state index in [4.69, 9.17) is 10.8 Å². The van der Waals surface area contributed by atoms with Crippen LogP contribution < -0.4 is 21.9 Å². The van der Waals surface area contributed by atoms with Crippen molar-refractivity contribution in [2.24, 2.45) is 0 Å². The first-order valence-corrected chi connectivity index (χ1v) is 6.10. The van der Waals surface area contributed by atoms with Crippen molar-refractivity contribution in [1.82, 2.24) is 9.55 Å². The Labute approximate surface area is 104 Å². The van der Waals surface area contributed by atoms with Gasteiger partial charge in [0.1, 0.15) is 11.5 Å². The van der Waals surface area contributed by atoms with Crippen LogP contribution in [0.4, 0.5) is 11.5 Å². The quantitative estimate of drug-likeness (QED) is 0.631. The van der Waals surface area contributed by atoms with E-state index in [1.54, 1.807) is 11.8 Å². The van der Waals surface area contributed by atoms with Crippen LogP contribution in [-0.2, 0) is 6.54 Å². The SMILES string of the molecule is CCn1c(N)c(N(CCO)C2CC2)c(=O)[nH]c1=O. The van der Waals surface area contributed by atoms with Crippen molar-refractivity contribution in [2.75, 3.05) is 23.8 Å².